The molecule has 2 saturated carbocycles. The Bertz CT molecular complexity index is 1180. The second kappa shape index (κ2) is 8.51. The summed E-state index contributed by atoms with van der Waals surface area (Å²) in [5.74, 6) is -5.54. The number of anilines is 1. The van der Waals surface area contributed by atoms with Gasteiger partial charge in [0.2, 0.25) is 0 Å². The molecular formula is C22H19ClF3NO4S. The summed E-state index contributed by atoms with van der Waals surface area (Å²) < 4.78 is 66.2. The number of halogens is 4. The minimum atomic E-state index is -3.87. The van der Waals surface area contributed by atoms with Crippen molar-refractivity contribution in [3.8, 4) is 0 Å². The van der Waals surface area contributed by atoms with Crippen LogP contribution >= 0.6 is 11.6 Å². The van der Waals surface area contributed by atoms with Crippen molar-refractivity contribution in [3.63, 3.8) is 0 Å². The van der Waals surface area contributed by atoms with Crippen molar-refractivity contribution in [1.82, 2.24) is 0 Å². The second-order valence-corrected chi connectivity index (χ2v) is 10.8. The molecule has 2 bridgehead atoms. The van der Waals surface area contributed by atoms with Crippen molar-refractivity contribution in [3.05, 3.63) is 58.4 Å². The minimum Gasteiger partial charge on any atom is -0.322 e. The largest absolute Gasteiger partial charge is 0.322 e. The zero-order valence-corrected chi connectivity index (χ0v) is 18.3. The fourth-order valence-corrected chi connectivity index (χ4v) is 7.12. The molecule has 10 heteroatoms. The normalized spacial score (nSPS) is 22.8. The van der Waals surface area contributed by atoms with Gasteiger partial charge in [-0.15, -0.1) is 0 Å². The quantitative estimate of drug-likeness (QED) is 0.617. The van der Waals surface area contributed by atoms with E-state index in [4.69, 9.17) is 11.6 Å². The third kappa shape index (κ3) is 4.41. The number of carbonyl (C=O) groups excluding carboxylic acids is 2. The van der Waals surface area contributed by atoms with Crippen molar-refractivity contribution in [2.24, 2.45) is 17.8 Å². The van der Waals surface area contributed by atoms with E-state index in [0.717, 1.165) is 18.9 Å². The van der Waals surface area contributed by atoms with Crippen LogP contribution in [0.2, 0.25) is 5.02 Å². The predicted octanol–water partition coefficient (Wildman–Crippen LogP) is 4.79. The van der Waals surface area contributed by atoms with Crippen molar-refractivity contribution in [2.75, 3.05) is 11.1 Å². The molecule has 2 aromatic rings. The first-order valence-corrected chi connectivity index (χ1v) is 12.1. The molecule has 2 aliphatic carbocycles. The molecule has 0 heterocycles. The number of rotatable bonds is 5. The highest BCUT2D eigenvalue weighted by molar-refractivity contribution is 7.91. The Labute approximate surface area is 187 Å². The first-order chi connectivity index (χ1) is 15.0. The number of Topliss-reactive ketones (excluding diaryl/α,β-unsaturated/α-hetero) is 1. The summed E-state index contributed by atoms with van der Waals surface area (Å²) in [6.45, 7) is 0. The molecule has 1 unspecified atom stereocenters. The molecule has 2 aromatic carbocycles. The van der Waals surface area contributed by atoms with Crippen LogP contribution in [-0.2, 0) is 14.6 Å². The topological polar surface area (TPSA) is 80.3 Å². The third-order valence-electron chi connectivity index (χ3n) is 6.28. The Morgan fingerprint density at radius 3 is 2.22 bits per heavy atom. The van der Waals surface area contributed by atoms with Gasteiger partial charge in [-0.2, -0.15) is 0 Å². The summed E-state index contributed by atoms with van der Waals surface area (Å²) in [7, 11) is -3.87. The Kier molecular flexibility index (Phi) is 6.06. The van der Waals surface area contributed by atoms with Crippen LogP contribution in [-0.4, -0.2) is 25.9 Å². The summed E-state index contributed by atoms with van der Waals surface area (Å²) in [5.41, 5.74) is -0.422. The smallest absolute Gasteiger partial charge is 0.255 e. The van der Waals surface area contributed by atoms with Crippen LogP contribution in [0.3, 0.4) is 0 Å². The molecule has 1 amide bonds. The molecule has 32 heavy (non-hydrogen) atoms. The van der Waals surface area contributed by atoms with E-state index >= 15 is 0 Å². The van der Waals surface area contributed by atoms with Gasteiger partial charge in [0.15, 0.2) is 27.3 Å². The van der Waals surface area contributed by atoms with Gasteiger partial charge in [0.1, 0.15) is 5.78 Å². The van der Waals surface area contributed by atoms with E-state index in [1.807, 2.05) is 0 Å². The van der Waals surface area contributed by atoms with E-state index in [-0.39, 0.29) is 50.5 Å². The van der Waals surface area contributed by atoms with Crippen LogP contribution in [0.1, 0.15) is 36.0 Å². The van der Waals surface area contributed by atoms with Gasteiger partial charge in [-0.3, -0.25) is 9.59 Å². The predicted molar refractivity (Wildman–Crippen MR) is 112 cm³/mol. The second-order valence-electron chi connectivity index (χ2n) is 8.34. The number of fused-ring (bicyclic) bond motifs is 2. The lowest BCUT2D eigenvalue weighted by Gasteiger charge is -2.29. The fourth-order valence-electron chi connectivity index (χ4n) is 4.75. The van der Waals surface area contributed by atoms with E-state index in [1.165, 1.54) is 12.1 Å². The maximum absolute atomic E-state index is 13.4. The molecule has 0 aliphatic heterocycles. The Hall–Kier alpha value is -2.39. The molecule has 0 aromatic heterocycles. The number of carbonyl (C=O) groups is 2. The molecule has 3 atom stereocenters. The van der Waals surface area contributed by atoms with Crippen LogP contribution in [0, 0.1) is 35.2 Å². The van der Waals surface area contributed by atoms with Crippen LogP contribution in [0.4, 0.5) is 18.9 Å². The molecule has 1 N–H and O–H groups in total. The van der Waals surface area contributed by atoms with E-state index in [1.54, 1.807) is 0 Å². The molecule has 0 radical (unpaired) electrons. The standard InChI is InChI=1S/C22H19ClF3NO4S/c23-17-4-3-13(22(29)27-14-8-18(24)21(26)19(25)9-14)7-20(17)32(30,31)10-16-11-1-2-12(16)6-15(28)5-11/h3-4,7-9,11-12,16H,1-2,5-6,10H2,(H,27,29)/t11-,12?,16+/m0/s1. The number of amides is 1. The van der Waals surface area contributed by atoms with Crippen molar-refractivity contribution >= 4 is 38.8 Å². The summed E-state index contributed by atoms with van der Waals surface area (Å²) >= 11 is 6.13. The first-order valence-electron chi connectivity index (χ1n) is 10.0. The highest BCUT2D eigenvalue weighted by Crippen LogP contribution is 2.46. The zero-order chi connectivity index (χ0) is 23.2. The molecule has 2 fully saturated rings. The highest BCUT2D eigenvalue weighted by atomic mass is 35.5. The van der Waals surface area contributed by atoms with Crippen LogP contribution < -0.4 is 5.32 Å². The minimum absolute atomic E-state index is 0.0320. The lowest BCUT2D eigenvalue weighted by Crippen LogP contribution is -2.31. The van der Waals surface area contributed by atoms with Gasteiger partial charge in [-0.25, -0.2) is 21.6 Å². The van der Waals surface area contributed by atoms with Crippen molar-refractivity contribution < 1.29 is 31.2 Å². The van der Waals surface area contributed by atoms with Gasteiger partial charge in [0, 0.05) is 36.2 Å². The lowest BCUT2D eigenvalue weighted by atomic mass is 9.79. The van der Waals surface area contributed by atoms with Gasteiger partial charge in [-0.05, 0) is 48.8 Å². The van der Waals surface area contributed by atoms with Gasteiger partial charge in [0.25, 0.3) is 5.91 Å². The zero-order valence-electron chi connectivity index (χ0n) is 16.7. The summed E-state index contributed by atoms with van der Waals surface area (Å²) in [6.07, 6.45) is 2.41. The number of hydrogen-bond donors (Lipinski definition) is 1. The van der Waals surface area contributed by atoms with Gasteiger partial charge in [0.05, 0.1) is 15.7 Å². The molecule has 0 saturated heterocycles. The van der Waals surface area contributed by atoms with E-state index in [2.05, 4.69) is 5.32 Å². The van der Waals surface area contributed by atoms with Crippen LogP contribution in [0.15, 0.2) is 35.2 Å². The number of sulfone groups is 1. The third-order valence-corrected chi connectivity index (χ3v) is 8.55. The molecule has 0 spiro atoms. The first kappa shape index (κ1) is 22.8. The molecule has 5 nitrogen and oxygen atoms in total. The van der Waals surface area contributed by atoms with Crippen molar-refractivity contribution in [2.45, 2.75) is 30.6 Å². The monoisotopic (exact) mass is 485 g/mol. The lowest BCUT2D eigenvalue weighted by molar-refractivity contribution is -0.122. The summed E-state index contributed by atoms with van der Waals surface area (Å²) in [4.78, 5) is 24.1. The molecule has 2 aliphatic rings. The molecule has 4 rings (SSSR count). The maximum Gasteiger partial charge on any atom is 0.255 e. The average molecular weight is 486 g/mol. The van der Waals surface area contributed by atoms with Crippen LogP contribution in [0.5, 0.6) is 0 Å². The van der Waals surface area contributed by atoms with E-state index in [0.29, 0.717) is 25.0 Å². The van der Waals surface area contributed by atoms with Crippen LogP contribution in [0.25, 0.3) is 0 Å². The average Bonchev–Trinajstić information content (AvgIpc) is 2.94. The summed E-state index contributed by atoms with van der Waals surface area (Å²) in [5, 5.41) is 2.16. The highest BCUT2D eigenvalue weighted by Gasteiger charge is 2.44. The van der Waals surface area contributed by atoms with Gasteiger partial charge in [-0.1, -0.05) is 11.6 Å². The Morgan fingerprint density at radius 2 is 1.62 bits per heavy atom. The Balaban J connectivity index is 1.57. The molecular weight excluding hydrogens is 467 g/mol. The fraction of sp³-hybridized carbons (Fsp3) is 0.364. The molecule has 170 valence electrons. The van der Waals surface area contributed by atoms with Gasteiger partial charge >= 0.3 is 0 Å². The van der Waals surface area contributed by atoms with Gasteiger partial charge < -0.3 is 5.32 Å². The Morgan fingerprint density at radius 1 is 1.03 bits per heavy atom. The summed E-state index contributed by atoms with van der Waals surface area (Å²) in [6, 6.07) is 4.87. The number of benzene rings is 2. The van der Waals surface area contributed by atoms with Crippen molar-refractivity contribution in [1.29, 1.82) is 0 Å². The van der Waals surface area contributed by atoms with E-state index in [9.17, 15) is 31.2 Å². The number of hydrogen-bond acceptors (Lipinski definition) is 4. The SMILES string of the molecule is O=C1CC2CC[C@@H](C1)[C@H]2CS(=O)(=O)c1cc(C(=O)Nc2cc(F)c(F)c(F)c2)ccc1Cl. The maximum atomic E-state index is 13.4. The number of ketones is 1. The number of nitrogens with one attached hydrogen (secondary N) is 1. The van der Waals surface area contributed by atoms with E-state index < -0.39 is 33.2 Å².